The molecule has 19 heavy (non-hydrogen) atoms. The van der Waals surface area contributed by atoms with Crippen molar-refractivity contribution in [2.24, 2.45) is 0 Å². The highest BCUT2D eigenvalue weighted by atomic mass is 16.5. The number of aryl methyl sites for hydroxylation is 1. The van der Waals surface area contributed by atoms with E-state index in [2.05, 4.69) is 34.1 Å². The van der Waals surface area contributed by atoms with Crippen LogP contribution in [0.25, 0.3) is 0 Å². The van der Waals surface area contributed by atoms with Crippen LogP contribution in [0.2, 0.25) is 0 Å². The number of carbonyl (C=O) groups is 1. The lowest BCUT2D eigenvalue weighted by Gasteiger charge is -2.08. The molecule has 98 valence electrons. The van der Waals surface area contributed by atoms with Gasteiger partial charge in [0, 0.05) is 11.9 Å². The van der Waals surface area contributed by atoms with Gasteiger partial charge in [-0.2, -0.15) is 0 Å². The molecule has 0 atom stereocenters. The Balaban J connectivity index is 2.20. The minimum atomic E-state index is -0.368. The molecule has 4 heteroatoms. The van der Waals surface area contributed by atoms with E-state index in [1.807, 2.05) is 12.1 Å². The molecule has 0 saturated heterocycles. The van der Waals surface area contributed by atoms with Crippen LogP contribution in [-0.4, -0.2) is 18.1 Å². The fourth-order valence-corrected chi connectivity index (χ4v) is 1.76. The van der Waals surface area contributed by atoms with Crippen LogP contribution in [0.3, 0.4) is 0 Å². The van der Waals surface area contributed by atoms with Crippen molar-refractivity contribution in [3.05, 3.63) is 53.7 Å². The highest BCUT2D eigenvalue weighted by Gasteiger charge is 2.06. The highest BCUT2D eigenvalue weighted by molar-refractivity contribution is 5.90. The Bertz CT molecular complexity index is 582. The molecule has 1 N–H and O–H groups in total. The number of esters is 1. The molecule has 0 aliphatic carbocycles. The Morgan fingerprint density at radius 3 is 2.89 bits per heavy atom. The van der Waals surface area contributed by atoms with Crippen LogP contribution in [0, 0.1) is 0 Å². The average Bonchev–Trinajstić information content (AvgIpc) is 2.47. The van der Waals surface area contributed by atoms with Crippen LogP contribution < -0.4 is 5.32 Å². The van der Waals surface area contributed by atoms with E-state index in [1.54, 1.807) is 18.3 Å². The van der Waals surface area contributed by atoms with E-state index < -0.39 is 0 Å². The van der Waals surface area contributed by atoms with Gasteiger partial charge in [0.25, 0.3) is 0 Å². The van der Waals surface area contributed by atoms with E-state index in [0.29, 0.717) is 11.4 Å². The number of rotatable bonds is 4. The number of nitrogens with zero attached hydrogens (tertiary/aromatic N) is 1. The number of methoxy groups -OCH3 is 1. The summed E-state index contributed by atoms with van der Waals surface area (Å²) >= 11 is 0. The number of hydrogen-bond donors (Lipinski definition) is 1. The highest BCUT2D eigenvalue weighted by Crippen LogP contribution is 2.17. The molecule has 1 heterocycles. The van der Waals surface area contributed by atoms with E-state index >= 15 is 0 Å². The summed E-state index contributed by atoms with van der Waals surface area (Å²) in [5, 5.41) is 3.18. The third-order valence-electron chi connectivity index (χ3n) is 2.79. The molecule has 1 aromatic heterocycles. The molecular formula is C15H16N2O2. The maximum Gasteiger partial charge on any atom is 0.338 e. The monoisotopic (exact) mass is 256 g/mol. The topological polar surface area (TPSA) is 51.2 Å². The molecule has 0 saturated carbocycles. The lowest BCUT2D eigenvalue weighted by atomic mass is 10.1. The van der Waals surface area contributed by atoms with Crippen LogP contribution >= 0.6 is 0 Å². The zero-order valence-corrected chi connectivity index (χ0v) is 11.0. The summed E-state index contributed by atoms with van der Waals surface area (Å²) in [6.07, 6.45) is 2.56. The van der Waals surface area contributed by atoms with E-state index in [9.17, 15) is 4.79 Å². The van der Waals surface area contributed by atoms with E-state index in [1.165, 1.54) is 12.7 Å². The normalized spacial score (nSPS) is 10.0. The van der Waals surface area contributed by atoms with Gasteiger partial charge in [-0.1, -0.05) is 19.1 Å². The molecule has 0 unspecified atom stereocenters. The SMILES string of the molecule is CCc1cccc(Nc2cc(C(=O)OC)ccn2)c1. The van der Waals surface area contributed by atoms with Crippen molar-refractivity contribution >= 4 is 17.5 Å². The fourth-order valence-electron chi connectivity index (χ4n) is 1.76. The minimum absolute atomic E-state index is 0.368. The van der Waals surface area contributed by atoms with Gasteiger partial charge in [0.1, 0.15) is 5.82 Å². The lowest BCUT2D eigenvalue weighted by Crippen LogP contribution is -2.03. The second-order valence-corrected chi connectivity index (χ2v) is 4.10. The molecule has 0 fully saturated rings. The third kappa shape index (κ3) is 3.31. The number of ether oxygens (including phenoxy) is 1. The van der Waals surface area contributed by atoms with Gasteiger partial charge in [-0.05, 0) is 36.2 Å². The van der Waals surface area contributed by atoms with Gasteiger partial charge in [-0.15, -0.1) is 0 Å². The van der Waals surface area contributed by atoms with Gasteiger partial charge in [0.2, 0.25) is 0 Å². The van der Waals surface area contributed by atoms with Crippen molar-refractivity contribution in [3.8, 4) is 0 Å². The van der Waals surface area contributed by atoms with Crippen LogP contribution in [-0.2, 0) is 11.2 Å². The Labute approximate surface area is 112 Å². The fraction of sp³-hybridized carbons (Fsp3) is 0.200. The lowest BCUT2D eigenvalue weighted by molar-refractivity contribution is 0.0600. The second-order valence-electron chi connectivity index (χ2n) is 4.10. The number of nitrogens with one attached hydrogen (secondary N) is 1. The Kier molecular flexibility index (Phi) is 4.13. The molecule has 2 rings (SSSR count). The smallest absolute Gasteiger partial charge is 0.338 e. The summed E-state index contributed by atoms with van der Waals surface area (Å²) in [6.45, 7) is 2.11. The zero-order chi connectivity index (χ0) is 13.7. The van der Waals surface area contributed by atoms with Crippen LogP contribution in [0.15, 0.2) is 42.6 Å². The predicted octanol–water partition coefficient (Wildman–Crippen LogP) is 3.17. The standard InChI is InChI=1S/C15H16N2O2/c1-3-11-5-4-6-13(9-11)17-14-10-12(7-8-16-14)15(18)19-2/h4-10H,3H2,1-2H3,(H,16,17). The quantitative estimate of drug-likeness (QED) is 0.854. The van der Waals surface area contributed by atoms with Crippen LogP contribution in [0.5, 0.6) is 0 Å². The molecule has 0 aliphatic rings. The number of hydrogen-bond acceptors (Lipinski definition) is 4. The van der Waals surface area contributed by atoms with Crippen molar-refractivity contribution in [1.82, 2.24) is 4.98 Å². The first-order chi connectivity index (χ1) is 9.22. The van der Waals surface area contributed by atoms with Gasteiger partial charge < -0.3 is 10.1 Å². The molecule has 0 aliphatic heterocycles. The summed E-state index contributed by atoms with van der Waals surface area (Å²) in [5.74, 6) is 0.254. The first-order valence-electron chi connectivity index (χ1n) is 6.13. The van der Waals surface area contributed by atoms with Gasteiger partial charge in [0.15, 0.2) is 0 Å². The third-order valence-corrected chi connectivity index (χ3v) is 2.79. The van der Waals surface area contributed by atoms with Gasteiger partial charge in [-0.25, -0.2) is 9.78 Å². The maximum atomic E-state index is 11.4. The number of aromatic nitrogens is 1. The Morgan fingerprint density at radius 2 is 2.16 bits per heavy atom. The molecule has 0 spiro atoms. The maximum absolute atomic E-state index is 11.4. The number of carbonyl (C=O) groups excluding carboxylic acids is 1. The molecule has 2 aromatic rings. The van der Waals surface area contributed by atoms with E-state index in [-0.39, 0.29) is 5.97 Å². The first kappa shape index (κ1) is 13.1. The molecule has 0 radical (unpaired) electrons. The van der Waals surface area contributed by atoms with Gasteiger partial charge in [-0.3, -0.25) is 0 Å². The molecule has 0 amide bonds. The summed E-state index contributed by atoms with van der Waals surface area (Å²) in [7, 11) is 1.36. The first-order valence-corrected chi connectivity index (χ1v) is 6.13. The molecule has 0 bridgehead atoms. The number of anilines is 2. The Morgan fingerprint density at radius 1 is 1.32 bits per heavy atom. The van der Waals surface area contributed by atoms with E-state index in [0.717, 1.165) is 12.1 Å². The van der Waals surface area contributed by atoms with Crippen molar-refractivity contribution in [1.29, 1.82) is 0 Å². The van der Waals surface area contributed by atoms with Gasteiger partial charge in [0.05, 0.1) is 12.7 Å². The zero-order valence-electron chi connectivity index (χ0n) is 11.0. The largest absolute Gasteiger partial charge is 0.465 e. The van der Waals surface area contributed by atoms with Gasteiger partial charge >= 0.3 is 5.97 Å². The van der Waals surface area contributed by atoms with E-state index in [4.69, 9.17) is 0 Å². The van der Waals surface area contributed by atoms with Crippen LogP contribution in [0.1, 0.15) is 22.8 Å². The van der Waals surface area contributed by atoms with Crippen molar-refractivity contribution in [2.45, 2.75) is 13.3 Å². The predicted molar refractivity (Wildman–Crippen MR) is 74.7 cm³/mol. The second kappa shape index (κ2) is 6.00. The number of pyridine rings is 1. The average molecular weight is 256 g/mol. The minimum Gasteiger partial charge on any atom is -0.465 e. The van der Waals surface area contributed by atoms with Crippen molar-refractivity contribution in [3.63, 3.8) is 0 Å². The molecule has 1 aromatic carbocycles. The molecular weight excluding hydrogens is 240 g/mol. The molecule has 4 nitrogen and oxygen atoms in total. The summed E-state index contributed by atoms with van der Waals surface area (Å²) < 4.78 is 4.68. The summed E-state index contributed by atoms with van der Waals surface area (Å²) in [4.78, 5) is 15.6. The summed E-state index contributed by atoms with van der Waals surface area (Å²) in [5.41, 5.74) is 2.68. The van der Waals surface area contributed by atoms with Crippen molar-refractivity contribution in [2.75, 3.05) is 12.4 Å². The summed E-state index contributed by atoms with van der Waals surface area (Å²) in [6, 6.07) is 11.4. The Hall–Kier alpha value is -2.36. The van der Waals surface area contributed by atoms with Crippen LogP contribution in [0.4, 0.5) is 11.5 Å². The number of benzene rings is 1. The van der Waals surface area contributed by atoms with Crippen molar-refractivity contribution < 1.29 is 9.53 Å².